The minimum absolute atomic E-state index is 0. The zero-order valence-corrected chi connectivity index (χ0v) is 11.4. The molecule has 0 aliphatic heterocycles. The first-order valence-electron chi connectivity index (χ1n) is 5.91. The molecule has 1 heterocycles. The number of rotatable bonds is 3. The molecule has 7 heteroatoms. The quantitative estimate of drug-likeness (QED) is 0.869. The highest BCUT2D eigenvalue weighted by Crippen LogP contribution is 2.34. The predicted molar refractivity (Wildman–Crippen MR) is 68.1 cm³/mol. The molecule has 1 amide bonds. The Kier molecular flexibility index (Phi) is 4.70. The Labute approximate surface area is 112 Å². The first-order chi connectivity index (χ1) is 8.01. The fraction of sp³-hybridized carbons (Fsp3) is 0.727. The van der Waals surface area contributed by atoms with Crippen LogP contribution in [0.5, 0.6) is 0 Å². The molecule has 1 aromatic rings. The summed E-state index contributed by atoms with van der Waals surface area (Å²) in [5.41, 5.74) is 5.78. The van der Waals surface area contributed by atoms with Gasteiger partial charge in [-0.3, -0.25) is 4.79 Å². The Bertz CT molecular complexity index is 415. The maximum absolute atomic E-state index is 10.9. The lowest BCUT2D eigenvalue weighted by molar-refractivity contribution is -0.119. The number of nitrogens with zero attached hydrogens (tertiary/aromatic N) is 2. The minimum atomic E-state index is -0.447. The van der Waals surface area contributed by atoms with E-state index in [4.69, 9.17) is 10.3 Å². The van der Waals surface area contributed by atoms with Gasteiger partial charge < -0.3 is 15.6 Å². The topological polar surface area (TPSA) is 94.0 Å². The summed E-state index contributed by atoms with van der Waals surface area (Å²) in [5.74, 6) is 0.842. The first-order valence-corrected chi connectivity index (χ1v) is 5.91. The van der Waals surface area contributed by atoms with Gasteiger partial charge in [0.15, 0.2) is 5.82 Å². The fourth-order valence-electron chi connectivity index (χ4n) is 2.21. The molecule has 1 atom stereocenters. The van der Waals surface area contributed by atoms with Crippen LogP contribution in [-0.4, -0.2) is 16.0 Å². The number of halogens is 1. The van der Waals surface area contributed by atoms with Crippen LogP contribution in [0, 0.1) is 0 Å². The van der Waals surface area contributed by atoms with Crippen LogP contribution < -0.4 is 11.1 Å². The maximum atomic E-state index is 10.9. The van der Waals surface area contributed by atoms with Crippen LogP contribution in [0.15, 0.2) is 4.52 Å². The van der Waals surface area contributed by atoms with E-state index in [9.17, 15) is 4.79 Å². The van der Waals surface area contributed by atoms with Crippen molar-refractivity contribution in [3.8, 4) is 0 Å². The highest BCUT2D eigenvalue weighted by molar-refractivity contribution is 5.85. The number of aromatic nitrogens is 2. The summed E-state index contributed by atoms with van der Waals surface area (Å²) in [5, 5.41) is 6.64. The van der Waals surface area contributed by atoms with Gasteiger partial charge in [0.2, 0.25) is 11.8 Å². The third-order valence-electron chi connectivity index (χ3n) is 3.17. The Morgan fingerprint density at radius 2 is 2.11 bits per heavy atom. The summed E-state index contributed by atoms with van der Waals surface area (Å²) in [4.78, 5) is 15.2. The second-order valence-corrected chi connectivity index (χ2v) is 4.74. The van der Waals surface area contributed by atoms with E-state index in [-0.39, 0.29) is 24.4 Å². The Morgan fingerprint density at radius 3 is 2.67 bits per heavy atom. The average molecular weight is 275 g/mol. The number of nitrogens with two attached hydrogens (primary N) is 1. The van der Waals surface area contributed by atoms with Crippen molar-refractivity contribution in [2.24, 2.45) is 5.73 Å². The van der Waals surface area contributed by atoms with Crippen molar-refractivity contribution < 1.29 is 9.32 Å². The third-order valence-corrected chi connectivity index (χ3v) is 3.17. The molecule has 3 N–H and O–H groups in total. The Morgan fingerprint density at radius 1 is 1.50 bits per heavy atom. The predicted octanol–water partition coefficient (Wildman–Crippen LogP) is 1.42. The molecular formula is C11H19ClN4O2. The summed E-state index contributed by atoms with van der Waals surface area (Å²) in [6.07, 6.45) is 3.98. The standard InChI is InChI=1S/C11H18N4O2.ClH/c1-7(13-8(2)16)9-14-10(15-17-9)11(12)5-3-4-6-11;/h7H,3-6,12H2,1-2H3,(H,13,16);1H. The van der Waals surface area contributed by atoms with Crippen LogP contribution in [0.2, 0.25) is 0 Å². The number of carbonyl (C=O) groups is 1. The van der Waals surface area contributed by atoms with E-state index in [0.29, 0.717) is 11.7 Å². The molecule has 1 aromatic heterocycles. The van der Waals surface area contributed by atoms with Crippen LogP contribution >= 0.6 is 12.4 Å². The van der Waals surface area contributed by atoms with Gasteiger partial charge in [0.1, 0.15) is 6.04 Å². The smallest absolute Gasteiger partial charge is 0.248 e. The molecule has 0 aromatic carbocycles. The molecule has 6 nitrogen and oxygen atoms in total. The van der Waals surface area contributed by atoms with Crippen molar-refractivity contribution in [1.82, 2.24) is 15.5 Å². The number of hydrogen-bond acceptors (Lipinski definition) is 5. The number of carbonyl (C=O) groups excluding carboxylic acids is 1. The fourth-order valence-corrected chi connectivity index (χ4v) is 2.21. The van der Waals surface area contributed by atoms with Gasteiger partial charge in [-0.15, -0.1) is 12.4 Å². The summed E-state index contributed by atoms with van der Waals surface area (Å²) in [6, 6.07) is -0.279. The van der Waals surface area contributed by atoms with E-state index in [1.165, 1.54) is 6.92 Å². The second-order valence-electron chi connectivity index (χ2n) is 4.74. The van der Waals surface area contributed by atoms with Gasteiger partial charge in [0.05, 0.1) is 5.54 Å². The monoisotopic (exact) mass is 274 g/mol. The Balaban J connectivity index is 0.00000162. The lowest BCUT2D eigenvalue weighted by Crippen LogP contribution is -2.34. The van der Waals surface area contributed by atoms with Crippen LogP contribution in [0.4, 0.5) is 0 Å². The molecular weight excluding hydrogens is 256 g/mol. The molecule has 1 unspecified atom stereocenters. The molecule has 2 rings (SSSR count). The van der Waals surface area contributed by atoms with Crippen molar-refractivity contribution in [3.63, 3.8) is 0 Å². The van der Waals surface area contributed by atoms with Crippen molar-refractivity contribution in [2.45, 2.75) is 51.1 Å². The van der Waals surface area contributed by atoms with Crippen molar-refractivity contribution in [3.05, 3.63) is 11.7 Å². The first kappa shape index (κ1) is 14.9. The van der Waals surface area contributed by atoms with E-state index in [1.807, 2.05) is 0 Å². The second kappa shape index (κ2) is 5.67. The maximum Gasteiger partial charge on any atom is 0.248 e. The summed E-state index contributed by atoms with van der Waals surface area (Å²) < 4.78 is 5.15. The summed E-state index contributed by atoms with van der Waals surface area (Å²) >= 11 is 0. The van der Waals surface area contributed by atoms with Crippen LogP contribution in [-0.2, 0) is 10.3 Å². The van der Waals surface area contributed by atoms with Crippen molar-refractivity contribution in [2.75, 3.05) is 0 Å². The summed E-state index contributed by atoms with van der Waals surface area (Å²) in [6.45, 7) is 3.26. The molecule has 0 bridgehead atoms. The van der Waals surface area contributed by atoms with E-state index in [2.05, 4.69) is 15.5 Å². The Hall–Kier alpha value is -1.14. The molecule has 0 radical (unpaired) electrons. The highest BCUT2D eigenvalue weighted by Gasteiger charge is 2.36. The number of hydrogen-bond donors (Lipinski definition) is 2. The van der Waals surface area contributed by atoms with Crippen molar-refractivity contribution in [1.29, 1.82) is 0 Å². The van der Waals surface area contributed by atoms with Crippen LogP contribution in [0.25, 0.3) is 0 Å². The van der Waals surface area contributed by atoms with Gasteiger partial charge in [-0.2, -0.15) is 4.98 Å². The zero-order chi connectivity index (χ0) is 12.5. The van der Waals surface area contributed by atoms with Gasteiger partial charge in [-0.1, -0.05) is 18.0 Å². The number of amides is 1. The summed E-state index contributed by atoms with van der Waals surface area (Å²) in [7, 11) is 0. The average Bonchev–Trinajstić information content (AvgIpc) is 2.85. The molecule has 0 saturated heterocycles. The molecule has 1 aliphatic carbocycles. The number of nitrogens with one attached hydrogen (secondary N) is 1. The zero-order valence-electron chi connectivity index (χ0n) is 10.6. The molecule has 1 aliphatic rings. The van der Waals surface area contributed by atoms with Gasteiger partial charge in [0, 0.05) is 6.92 Å². The minimum Gasteiger partial charge on any atom is -0.345 e. The normalized spacial score (nSPS) is 19.1. The highest BCUT2D eigenvalue weighted by atomic mass is 35.5. The van der Waals surface area contributed by atoms with Gasteiger partial charge >= 0.3 is 0 Å². The molecule has 102 valence electrons. The van der Waals surface area contributed by atoms with Crippen molar-refractivity contribution >= 4 is 18.3 Å². The van der Waals surface area contributed by atoms with Gasteiger partial charge in [0.25, 0.3) is 0 Å². The SMILES string of the molecule is CC(=O)NC(C)c1nc(C2(N)CCCC2)no1.Cl. The van der Waals surface area contributed by atoms with Crippen LogP contribution in [0.1, 0.15) is 57.3 Å². The largest absolute Gasteiger partial charge is 0.345 e. The van der Waals surface area contributed by atoms with Gasteiger partial charge in [-0.05, 0) is 19.8 Å². The molecule has 18 heavy (non-hydrogen) atoms. The molecule has 1 fully saturated rings. The third kappa shape index (κ3) is 3.00. The lowest BCUT2D eigenvalue weighted by atomic mass is 9.99. The molecule has 0 spiro atoms. The molecule has 1 saturated carbocycles. The van der Waals surface area contributed by atoms with E-state index >= 15 is 0 Å². The van der Waals surface area contributed by atoms with Gasteiger partial charge in [-0.25, -0.2) is 0 Å². The van der Waals surface area contributed by atoms with E-state index in [1.54, 1.807) is 6.92 Å². The van der Waals surface area contributed by atoms with E-state index in [0.717, 1.165) is 25.7 Å². The lowest BCUT2D eigenvalue weighted by Gasteiger charge is -2.17. The van der Waals surface area contributed by atoms with E-state index < -0.39 is 5.54 Å². The van der Waals surface area contributed by atoms with Crippen LogP contribution in [0.3, 0.4) is 0 Å².